The number of aryl methyl sites for hydroxylation is 2. The maximum Gasteiger partial charge on any atom is 0.263 e. The van der Waals surface area contributed by atoms with E-state index in [2.05, 4.69) is 32.6 Å². The molecule has 0 aliphatic carbocycles. The highest BCUT2D eigenvalue weighted by atomic mass is 127. The van der Waals surface area contributed by atoms with Crippen molar-refractivity contribution in [2.75, 3.05) is 10.0 Å². The van der Waals surface area contributed by atoms with E-state index in [4.69, 9.17) is 11.6 Å². The molecule has 0 radical (unpaired) electrons. The molecule has 0 spiro atoms. The van der Waals surface area contributed by atoms with Crippen LogP contribution >= 0.6 is 34.2 Å². The molecule has 0 fully saturated rings. The minimum Gasteiger partial charge on any atom is -0.322 e. The second kappa shape index (κ2) is 8.73. The molecule has 0 bridgehead atoms. The van der Waals surface area contributed by atoms with Gasteiger partial charge in [-0.15, -0.1) is 0 Å². The Morgan fingerprint density at radius 1 is 0.966 bits per heavy atom. The first-order valence-electron chi connectivity index (χ1n) is 8.62. The summed E-state index contributed by atoms with van der Waals surface area (Å²) in [5, 5.41) is 2.84. The fraction of sp³-hybridized carbons (Fsp3) is 0.0952. The van der Waals surface area contributed by atoms with E-state index in [1.165, 1.54) is 18.2 Å². The van der Waals surface area contributed by atoms with Crippen molar-refractivity contribution in [2.45, 2.75) is 18.7 Å². The minimum absolute atomic E-state index is 0.0339. The van der Waals surface area contributed by atoms with Gasteiger partial charge in [-0.3, -0.25) is 9.52 Å². The van der Waals surface area contributed by atoms with Crippen LogP contribution in [0.25, 0.3) is 0 Å². The molecule has 150 valence electrons. The molecular weight excluding hydrogens is 523 g/mol. The van der Waals surface area contributed by atoms with Crippen LogP contribution in [0, 0.1) is 17.4 Å². The van der Waals surface area contributed by atoms with Gasteiger partial charge in [0.05, 0.1) is 5.02 Å². The lowest BCUT2D eigenvalue weighted by Crippen LogP contribution is -2.17. The van der Waals surface area contributed by atoms with Crippen LogP contribution in [0.5, 0.6) is 0 Å². The predicted molar refractivity (Wildman–Crippen MR) is 125 cm³/mol. The SMILES string of the molecule is Cc1ccc(NS(=O)(=O)c2cc(C(=O)Nc3ccc(I)cc3C)ccc2Cl)cc1. The normalized spacial score (nSPS) is 11.2. The van der Waals surface area contributed by atoms with Crippen molar-refractivity contribution in [3.63, 3.8) is 0 Å². The van der Waals surface area contributed by atoms with E-state index in [1.807, 2.05) is 32.0 Å². The second-order valence-electron chi connectivity index (χ2n) is 6.53. The molecule has 0 aromatic heterocycles. The monoisotopic (exact) mass is 540 g/mol. The molecule has 0 atom stereocenters. The largest absolute Gasteiger partial charge is 0.322 e. The van der Waals surface area contributed by atoms with Crippen molar-refractivity contribution in [3.8, 4) is 0 Å². The van der Waals surface area contributed by atoms with Crippen molar-refractivity contribution in [1.29, 1.82) is 0 Å². The highest BCUT2D eigenvalue weighted by Crippen LogP contribution is 2.26. The number of halogens is 2. The van der Waals surface area contributed by atoms with E-state index in [0.717, 1.165) is 14.7 Å². The molecule has 3 aromatic rings. The number of nitrogens with one attached hydrogen (secondary N) is 2. The van der Waals surface area contributed by atoms with E-state index in [0.29, 0.717) is 11.4 Å². The van der Waals surface area contributed by atoms with Crippen LogP contribution in [0.1, 0.15) is 21.5 Å². The zero-order chi connectivity index (χ0) is 21.2. The summed E-state index contributed by atoms with van der Waals surface area (Å²) in [5.74, 6) is -0.419. The van der Waals surface area contributed by atoms with Gasteiger partial charge in [0.2, 0.25) is 0 Å². The molecule has 2 N–H and O–H groups in total. The lowest BCUT2D eigenvalue weighted by atomic mass is 10.1. The Balaban J connectivity index is 1.88. The van der Waals surface area contributed by atoms with Gasteiger partial charge < -0.3 is 5.32 Å². The lowest BCUT2D eigenvalue weighted by molar-refractivity contribution is 0.102. The van der Waals surface area contributed by atoms with Crippen molar-refractivity contribution < 1.29 is 13.2 Å². The number of hydrogen-bond acceptors (Lipinski definition) is 3. The van der Waals surface area contributed by atoms with Gasteiger partial charge in [-0.25, -0.2) is 8.42 Å². The molecule has 3 rings (SSSR count). The fourth-order valence-electron chi connectivity index (χ4n) is 2.64. The first kappa shape index (κ1) is 21.6. The number of carbonyl (C=O) groups is 1. The highest BCUT2D eigenvalue weighted by Gasteiger charge is 2.21. The summed E-state index contributed by atoms with van der Waals surface area (Å²) in [6.07, 6.45) is 0. The third-order valence-corrected chi connectivity index (χ3v) is 6.76. The number of benzene rings is 3. The van der Waals surface area contributed by atoms with E-state index in [9.17, 15) is 13.2 Å². The van der Waals surface area contributed by atoms with Gasteiger partial charge >= 0.3 is 0 Å². The zero-order valence-electron chi connectivity index (χ0n) is 15.7. The van der Waals surface area contributed by atoms with E-state index in [1.54, 1.807) is 24.3 Å². The maximum absolute atomic E-state index is 12.8. The summed E-state index contributed by atoms with van der Waals surface area (Å²) in [4.78, 5) is 12.5. The van der Waals surface area contributed by atoms with Crippen LogP contribution in [0.4, 0.5) is 11.4 Å². The third kappa shape index (κ3) is 5.29. The van der Waals surface area contributed by atoms with E-state index in [-0.39, 0.29) is 15.5 Å². The average molecular weight is 541 g/mol. The fourth-order valence-corrected chi connectivity index (χ4v) is 4.88. The quantitative estimate of drug-likeness (QED) is 0.413. The Hall–Kier alpha value is -2.10. The summed E-state index contributed by atoms with van der Waals surface area (Å²) in [6, 6.07) is 16.7. The highest BCUT2D eigenvalue weighted by molar-refractivity contribution is 14.1. The molecule has 0 unspecified atom stereocenters. The topological polar surface area (TPSA) is 75.3 Å². The van der Waals surface area contributed by atoms with Crippen LogP contribution in [0.15, 0.2) is 65.6 Å². The molecular formula is C21H18ClIN2O3S. The number of sulfonamides is 1. The van der Waals surface area contributed by atoms with Gasteiger partial charge in [0.15, 0.2) is 0 Å². The van der Waals surface area contributed by atoms with Crippen molar-refractivity contribution in [2.24, 2.45) is 0 Å². The van der Waals surface area contributed by atoms with E-state index >= 15 is 0 Å². The standard InChI is InChI=1S/C21H18ClIN2O3S/c1-13-3-7-17(8-4-13)25-29(27,28)20-12-15(5-9-18(20)22)21(26)24-19-10-6-16(23)11-14(19)2/h3-12,25H,1-2H3,(H,24,26). The molecule has 5 nitrogen and oxygen atoms in total. The number of hydrogen-bond donors (Lipinski definition) is 2. The van der Waals surface area contributed by atoms with Crippen LogP contribution in [-0.4, -0.2) is 14.3 Å². The van der Waals surface area contributed by atoms with Crippen LogP contribution in [0.2, 0.25) is 5.02 Å². The Bertz CT molecular complexity index is 1180. The van der Waals surface area contributed by atoms with E-state index < -0.39 is 15.9 Å². The molecule has 0 saturated heterocycles. The molecule has 3 aromatic carbocycles. The van der Waals surface area contributed by atoms with Crippen molar-refractivity contribution in [3.05, 3.63) is 85.9 Å². The van der Waals surface area contributed by atoms with Crippen LogP contribution in [-0.2, 0) is 10.0 Å². The molecule has 29 heavy (non-hydrogen) atoms. The molecule has 0 aliphatic heterocycles. The van der Waals surface area contributed by atoms with Crippen LogP contribution in [0.3, 0.4) is 0 Å². The summed E-state index contributed by atoms with van der Waals surface area (Å²) < 4.78 is 29.2. The van der Waals surface area contributed by atoms with Crippen molar-refractivity contribution >= 4 is 61.5 Å². The van der Waals surface area contributed by atoms with Crippen molar-refractivity contribution in [1.82, 2.24) is 0 Å². The predicted octanol–water partition coefficient (Wildman–Crippen LogP) is 5.61. The summed E-state index contributed by atoms with van der Waals surface area (Å²) in [7, 11) is -3.96. The summed E-state index contributed by atoms with van der Waals surface area (Å²) in [5.41, 5.74) is 3.18. The Labute approximate surface area is 188 Å². The second-order valence-corrected chi connectivity index (χ2v) is 9.83. The molecule has 0 heterocycles. The van der Waals surface area contributed by atoms with Gasteiger partial charge in [0, 0.05) is 20.5 Å². The van der Waals surface area contributed by atoms with Gasteiger partial charge in [0.1, 0.15) is 4.90 Å². The molecule has 1 amide bonds. The number of amides is 1. The Morgan fingerprint density at radius 2 is 1.66 bits per heavy atom. The maximum atomic E-state index is 12.8. The zero-order valence-corrected chi connectivity index (χ0v) is 19.4. The van der Waals surface area contributed by atoms with Gasteiger partial charge in [-0.2, -0.15) is 0 Å². The Kier molecular flexibility index (Phi) is 6.50. The first-order chi connectivity index (χ1) is 13.7. The van der Waals surface area contributed by atoms with Gasteiger partial charge in [-0.1, -0.05) is 29.3 Å². The summed E-state index contributed by atoms with van der Waals surface area (Å²) in [6.45, 7) is 3.80. The van der Waals surface area contributed by atoms with Gasteiger partial charge in [0.25, 0.3) is 15.9 Å². The first-order valence-corrected chi connectivity index (χ1v) is 11.6. The van der Waals surface area contributed by atoms with Gasteiger partial charge in [-0.05, 0) is 90.5 Å². The lowest BCUT2D eigenvalue weighted by Gasteiger charge is -2.12. The molecule has 0 saturated carbocycles. The number of carbonyl (C=O) groups excluding carboxylic acids is 1. The average Bonchev–Trinajstić information content (AvgIpc) is 2.66. The van der Waals surface area contributed by atoms with Crippen LogP contribution < -0.4 is 10.0 Å². The number of rotatable bonds is 5. The molecule has 8 heteroatoms. The summed E-state index contributed by atoms with van der Waals surface area (Å²) >= 11 is 8.32. The molecule has 0 aliphatic rings. The number of anilines is 2. The third-order valence-electron chi connectivity index (χ3n) is 4.22. The Morgan fingerprint density at radius 3 is 2.31 bits per heavy atom. The smallest absolute Gasteiger partial charge is 0.263 e. The minimum atomic E-state index is -3.96.